The number of aromatic nitrogens is 8. The molecule has 0 radical (unpaired) electrons. The molecular formula is C31H38N10O9. The third kappa shape index (κ3) is 5.91. The van der Waals surface area contributed by atoms with Gasteiger partial charge in [0.1, 0.15) is 60.4 Å². The zero-order chi connectivity index (χ0) is 35.2. The van der Waals surface area contributed by atoms with E-state index in [1.807, 2.05) is 24.3 Å². The summed E-state index contributed by atoms with van der Waals surface area (Å²) in [5, 5.41) is 73.0. The van der Waals surface area contributed by atoms with Crippen molar-refractivity contribution in [2.24, 2.45) is 0 Å². The predicted molar refractivity (Wildman–Crippen MR) is 173 cm³/mol. The molecule has 1 aromatic carbocycles. The van der Waals surface area contributed by atoms with Gasteiger partial charge < -0.3 is 56.3 Å². The Balaban J connectivity index is 0.000000176. The Kier molecular flexibility index (Phi) is 9.32. The molecule has 0 amide bonds. The Bertz CT molecular complexity index is 1960. The van der Waals surface area contributed by atoms with Crippen LogP contribution in [0.2, 0.25) is 0 Å². The topological polar surface area (TPSA) is 285 Å². The Labute approximate surface area is 283 Å². The molecule has 2 saturated heterocycles. The second-order valence-corrected chi connectivity index (χ2v) is 12.5. The lowest BCUT2D eigenvalue weighted by Crippen LogP contribution is -2.37. The van der Waals surface area contributed by atoms with E-state index in [1.165, 1.54) is 34.4 Å². The van der Waals surface area contributed by atoms with Crippen molar-refractivity contribution in [1.29, 1.82) is 0 Å². The minimum Gasteiger partial charge on any atom is -0.394 e. The van der Waals surface area contributed by atoms with E-state index in [2.05, 4.69) is 35.2 Å². The summed E-state index contributed by atoms with van der Waals surface area (Å²) in [6.45, 7) is -0.543. The van der Waals surface area contributed by atoms with Crippen LogP contribution in [0.5, 0.6) is 0 Å². The highest BCUT2D eigenvalue weighted by molar-refractivity contribution is 5.83. The number of nitrogens with one attached hydrogen (secondary N) is 1. The smallest absolute Gasteiger partial charge is 0.167 e. The molecule has 1 unspecified atom stereocenters. The van der Waals surface area contributed by atoms with Crippen LogP contribution < -0.4 is 11.1 Å². The van der Waals surface area contributed by atoms with E-state index >= 15 is 0 Å². The number of hydrogen-bond acceptors (Lipinski definition) is 17. The maximum atomic E-state index is 11.3. The lowest BCUT2D eigenvalue weighted by Gasteiger charge is -2.34. The average molecular weight is 695 g/mol. The fourth-order valence-corrected chi connectivity index (χ4v) is 6.76. The maximum Gasteiger partial charge on any atom is 0.167 e. The highest BCUT2D eigenvalue weighted by Crippen LogP contribution is 2.37. The van der Waals surface area contributed by atoms with Gasteiger partial charge in [-0.15, -0.1) is 0 Å². The molecular weight excluding hydrogens is 656 g/mol. The minimum atomic E-state index is -1.24. The molecule has 2 aliphatic heterocycles. The number of anilines is 2. The molecule has 0 spiro atoms. The van der Waals surface area contributed by atoms with Gasteiger partial charge in [-0.2, -0.15) is 0 Å². The van der Waals surface area contributed by atoms with Gasteiger partial charge in [0.15, 0.2) is 40.9 Å². The van der Waals surface area contributed by atoms with Crippen LogP contribution in [-0.4, -0.2) is 131 Å². The van der Waals surface area contributed by atoms with Gasteiger partial charge in [0.2, 0.25) is 0 Å². The summed E-state index contributed by atoms with van der Waals surface area (Å²) in [7, 11) is 0. The summed E-state index contributed by atoms with van der Waals surface area (Å²) in [5.74, 6) is 0.669. The molecule has 266 valence electrons. The molecule has 50 heavy (non-hydrogen) atoms. The number of fused-ring (bicyclic) bond motifs is 3. The minimum absolute atomic E-state index is 0.218. The van der Waals surface area contributed by atoms with E-state index < -0.39 is 67.9 Å². The fourth-order valence-electron chi connectivity index (χ4n) is 6.76. The molecule has 9 atom stereocenters. The number of nitrogen functional groups attached to an aromatic ring is 1. The molecule has 0 bridgehead atoms. The van der Waals surface area contributed by atoms with Crippen molar-refractivity contribution < 1.29 is 45.2 Å². The van der Waals surface area contributed by atoms with Gasteiger partial charge in [-0.25, -0.2) is 29.9 Å². The van der Waals surface area contributed by atoms with E-state index in [0.717, 1.165) is 24.0 Å². The molecule has 2 fully saturated rings. The Morgan fingerprint density at radius 3 is 1.98 bits per heavy atom. The molecule has 4 aromatic heterocycles. The number of nitrogens with zero attached hydrogens (tertiary/aromatic N) is 8. The number of imidazole rings is 2. The lowest BCUT2D eigenvalue weighted by atomic mass is 9.79. The number of nitrogens with two attached hydrogens (primary N) is 1. The summed E-state index contributed by atoms with van der Waals surface area (Å²) in [5.41, 5.74) is 8.37. The average Bonchev–Trinajstić information content (AvgIpc) is 3.89. The largest absolute Gasteiger partial charge is 0.394 e. The normalized spacial score (nSPS) is 30.7. The highest BCUT2D eigenvalue weighted by Gasteiger charge is 2.45. The van der Waals surface area contributed by atoms with E-state index in [1.54, 1.807) is 0 Å². The van der Waals surface area contributed by atoms with Crippen molar-refractivity contribution in [2.75, 3.05) is 30.8 Å². The van der Waals surface area contributed by atoms with Crippen molar-refractivity contribution in [3.63, 3.8) is 0 Å². The predicted octanol–water partition coefficient (Wildman–Crippen LogP) is -1.91. The molecule has 10 N–H and O–H groups in total. The van der Waals surface area contributed by atoms with Gasteiger partial charge in [-0.1, -0.05) is 24.3 Å². The van der Waals surface area contributed by atoms with Crippen LogP contribution >= 0.6 is 0 Å². The monoisotopic (exact) mass is 694 g/mol. The summed E-state index contributed by atoms with van der Waals surface area (Å²) < 4.78 is 14.0. The van der Waals surface area contributed by atoms with Crippen LogP contribution in [0.4, 0.5) is 11.6 Å². The van der Waals surface area contributed by atoms with Crippen molar-refractivity contribution in [3.05, 3.63) is 60.7 Å². The summed E-state index contributed by atoms with van der Waals surface area (Å²) in [6.07, 6.45) is -0.395. The van der Waals surface area contributed by atoms with Gasteiger partial charge in [-0.3, -0.25) is 9.13 Å². The van der Waals surface area contributed by atoms with Crippen molar-refractivity contribution in [3.8, 4) is 0 Å². The number of rotatable bonds is 7. The first kappa shape index (κ1) is 34.0. The molecule has 19 nitrogen and oxygen atoms in total. The van der Waals surface area contributed by atoms with E-state index in [9.17, 15) is 30.6 Å². The third-order valence-electron chi connectivity index (χ3n) is 9.43. The van der Waals surface area contributed by atoms with Gasteiger partial charge in [-0.05, 0) is 30.4 Å². The molecule has 3 aliphatic rings. The number of aryl methyl sites for hydroxylation is 1. The molecule has 5 aromatic rings. The maximum absolute atomic E-state index is 11.3. The van der Waals surface area contributed by atoms with E-state index in [4.69, 9.17) is 20.3 Å². The summed E-state index contributed by atoms with van der Waals surface area (Å²) in [6, 6.07) is 7.92. The number of aliphatic hydroxyl groups is 7. The summed E-state index contributed by atoms with van der Waals surface area (Å²) >= 11 is 0. The molecule has 0 saturated carbocycles. The lowest BCUT2D eigenvalue weighted by molar-refractivity contribution is -0.0511. The molecule has 6 heterocycles. The number of aliphatic hydroxyl groups excluding tert-OH is 6. The first-order valence-corrected chi connectivity index (χ1v) is 16.0. The van der Waals surface area contributed by atoms with Crippen molar-refractivity contribution in [1.82, 2.24) is 39.0 Å². The van der Waals surface area contributed by atoms with Crippen LogP contribution in [0, 0.1) is 0 Å². The van der Waals surface area contributed by atoms with Gasteiger partial charge in [0.05, 0.1) is 25.9 Å². The molecule has 19 heteroatoms. The van der Waals surface area contributed by atoms with Crippen LogP contribution in [-0.2, 0) is 21.5 Å². The first-order valence-electron chi connectivity index (χ1n) is 16.0. The second-order valence-electron chi connectivity index (χ2n) is 12.5. The van der Waals surface area contributed by atoms with E-state index in [-0.39, 0.29) is 12.4 Å². The zero-order valence-electron chi connectivity index (χ0n) is 26.6. The number of ether oxygens (including phenoxy) is 2. The summed E-state index contributed by atoms with van der Waals surface area (Å²) in [4.78, 5) is 24.8. The molecule has 8 rings (SSSR count). The van der Waals surface area contributed by atoms with Crippen molar-refractivity contribution >= 4 is 34.0 Å². The number of hydrogen-bond donors (Lipinski definition) is 9. The Morgan fingerprint density at radius 2 is 1.36 bits per heavy atom. The van der Waals surface area contributed by atoms with Crippen molar-refractivity contribution in [2.45, 2.75) is 73.9 Å². The quantitative estimate of drug-likeness (QED) is 0.0898. The van der Waals surface area contributed by atoms with Gasteiger partial charge >= 0.3 is 0 Å². The zero-order valence-corrected chi connectivity index (χ0v) is 26.6. The third-order valence-corrected chi connectivity index (χ3v) is 9.43. The first-order chi connectivity index (χ1) is 24.1. The van der Waals surface area contributed by atoms with Gasteiger partial charge in [0, 0.05) is 6.54 Å². The second kappa shape index (κ2) is 13.7. The van der Waals surface area contributed by atoms with Crippen LogP contribution in [0.25, 0.3) is 22.3 Å². The van der Waals surface area contributed by atoms with Crippen LogP contribution in [0.3, 0.4) is 0 Å². The van der Waals surface area contributed by atoms with Gasteiger partial charge in [0.25, 0.3) is 0 Å². The standard InChI is InChI=1S/C21H25N5O5.C10H13N5O4/c27-8-14-16(28)17(29)20(31-14)26-11-25-15-18(23-10-24-19(15)26)22-9-21(30)7-3-5-12-4-1-2-6-13(12)21;11-8-5-9(13-2-12-8)15(3-14-5)10-7(18)6(17)4(1-16)19-10/h1-2,4,6,10-11,14,16-17,20,27-30H,3,5,7-9H2,(H,22,23,24);2-4,6-7,10,16-18H,1H2,(H2,11,12,13)/t14-,16-,17-,20-,21?;4-,6-,7-,10-/m11/s1. The Morgan fingerprint density at radius 1 is 0.780 bits per heavy atom. The van der Waals surface area contributed by atoms with E-state index in [0.29, 0.717) is 34.6 Å². The molecule has 1 aliphatic carbocycles. The Hall–Kier alpha value is -4.44. The fraction of sp³-hybridized carbons (Fsp3) is 0.484. The highest BCUT2D eigenvalue weighted by atomic mass is 16.6. The SMILES string of the molecule is Nc1ncnc2c1ncn2[C@@H]1O[C@H](CO)[C@@H](O)[C@H]1O.OC[C@H]1O[C@@H](n2cnc3c(NCC4(O)CCCc5ccccc54)ncnc32)[C@H](O)[C@@H]1O. The van der Waals surface area contributed by atoms with Crippen LogP contribution in [0.15, 0.2) is 49.6 Å². The number of benzene rings is 1. The van der Waals surface area contributed by atoms with Crippen LogP contribution in [0.1, 0.15) is 36.4 Å².